The molecule has 1 amide bonds. The molecule has 138 valence electrons. The van der Waals surface area contributed by atoms with Crippen molar-refractivity contribution in [3.8, 4) is 5.69 Å². The zero-order chi connectivity index (χ0) is 18.7. The van der Waals surface area contributed by atoms with Crippen molar-refractivity contribution in [2.45, 2.75) is 39.1 Å². The van der Waals surface area contributed by atoms with Crippen molar-refractivity contribution >= 4 is 11.9 Å². The predicted octanol–water partition coefficient (Wildman–Crippen LogP) is 0.843. The van der Waals surface area contributed by atoms with Crippen LogP contribution < -0.4 is 0 Å². The van der Waals surface area contributed by atoms with Gasteiger partial charge in [0.05, 0.1) is 23.5 Å². The van der Waals surface area contributed by atoms with Crippen LogP contribution in [-0.4, -0.2) is 68.4 Å². The van der Waals surface area contributed by atoms with Gasteiger partial charge in [0.1, 0.15) is 6.33 Å². The Morgan fingerprint density at radius 1 is 1.19 bits per heavy atom. The van der Waals surface area contributed by atoms with Crippen molar-refractivity contribution in [1.29, 1.82) is 0 Å². The Morgan fingerprint density at radius 3 is 2.42 bits per heavy atom. The molecule has 1 aliphatic heterocycles. The fourth-order valence-electron chi connectivity index (χ4n) is 2.92. The SMILES string of the molecule is CC1CN(C(=O)C(C)OC(=O)c2ccc(-n3cnnn3)cc2)CC(C)O1. The number of ether oxygens (including phenoxy) is 2. The van der Waals surface area contributed by atoms with Gasteiger partial charge in [-0.3, -0.25) is 4.79 Å². The van der Waals surface area contributed by atoms with E-state index in [1.807, 2.05) is 13.8 Å². The van der Waals surface area contributed by atoms with Gasteiger partial charge in [-0.2, -0.15) is 0 Å². The molecule has 0 aliphatic carbocycles. The number of aromatic nitrogens is 4. The summed E-state index contributed by atoms with van der Waals surface area (Å²) in [6.45, 7) is 6.40. The third-order valence-corrected chi connectivity index (χ3v) is 4.08. The maximum absolute atomic E-state index is 12.5. The topological polar surface area (TPSA) is 99.4 Å². The molecular formula is C17H21N5O4. The summed E-state index contributed by atoms with van der Waals surface area (Å²) in [5, 5.41) is 10.9. The maximum Gasteiger partial charge on any atom is 0.338 e. The molecule has 3 rings (SSSR count). The van der Waals surface area contributed by atoms with Crippen molar-refractivity contribution in [3.63, 3.8) is 0 Å². The molecule has 0 N–H and O–H groups in total. The van der Waals surface area contributed by atoms with Gasteiger partial charge in [0, 0.05) is 13.1 Å². The fraction of sp³-hybridized carbons (Fsp3) is 0.471. The Hall–Kier alpha value is -2.81. The Morgan fingerprint density at radius 2 is 1.85 bits per heavy atom. The van der Waals surface area contributed by atoms with Crippen LogP contribution in [0.15, 0.2) is 30.6 Å². The van der Waals surface area contributed by atoms with E-state index in [4.69, 9.17) is 9.47 Å². The van der Waals surface area contributed by atoms with Gasteiger partial charge in [-0.05, 0) is 55.5 Å². The summed E-state index contributed by atoms with van der Waals surface area (Å²) in [6.07, 6.45) is 0.520. The molecule has 0 radical (unpaired) electrons. The lowest BCUT2D eigenvalue weighted by molar-refractivity contribution is -0.151. The lowest BCUT2D eigenvalue weighted by atomic mass is 10.2. The summed E-state index contributed by atoms with van der Waals surface area (Å²) in [7, 11) is 0. The normalized spacial score (nSPS) is 21.3. The highest BCUT2D eigenvalue weighted by Gasteiger charge is 2.30. The number of carbonyl (C=O) groups is 2. The summed E-state index contributed by atoms with van der Waals surface area (Å²) in [5.74, 6) is -0.769. The van der Waals surface area contributed by atoms with Crippen molar-refractivity contribution < 1.29 is 19.1 Å². The van der Waals surface area contributed by atoms with Gasteiger partial charge >= 0.3 is 5.97 Å². The number of amides is 1. The molecule has 9 heteroatoms. The van der Waals surface area contributed by atoms with E-state index in [-0.39, 0.29) is 18.1 Å². The van der Waals surface area contributed by atoms with E-state index in [1.165, 1.54) is 11.0 Å². The van der Waals surface area contributed by atoms with Gasteiger partial charge in [-0.25, -0.2) is 9.48 Å². The third-order valence-electron chi connectivity index (χ3n) is 4.08. The zero-order valence-electron chi connectivity index (χ0n) is 14.9. The van der Waals surface area contributed by atoms with Crippen molar-refractivity contribution in [3.05, 3.63) is 36.2 Å². The average Bonchev–Trinajstić information content (AvgIpc) is 3.15. The highest BCUT2D eigenvalue weighted by Crippen LogP contribution is 2.14. The van der Waals surface area contributed by atoms with E-state index in [9.17, 15) is 9.59 Å². The first-order valence-corrected chi connectivity index (χ1v) is 8.42. The van der Waals surface area contributed by atoms with Crippen LogP contribution in [0.3, 0.4) is 0 Å². The number of morpholine rings is 1. The average molecular weight is 359 g/mol. The second-order valence-corrected chi connectivity index (χ2v) is 6.35. The Labute approximate surface area is 150 Å². The largest absolute Gasteiger partial charge is 0.449 e. The van der Waals surface area contributed by atoms with Gasteiger partial charge in [0.15, 0.2) is 6.10 Å². The Bertz CT molecular complexity index is 752. The Kier molecular flexibility index (Phi) is 5.27. The molecule has 3 unspecified atom stereocenters. The van der Waals surface area contributed by atoms with E-state index >= 15 is 0 Å². The van der Waals surface area contributed by atoms with E-state index in [1.54, 1.807) is 36.1 Å². The molecule has 1 aromatic carbocycles. The first-order valence-electron chi connectivity index (χ1n) is 8.42. The van der Waals surface area contributed by atoms with Crippen LogP contribution in [0, 0.1) is 0 Å². The van der Waals surface area contributed by atoms with E-state index in [0.717, 1.165) is 0 Å². The molecule has 1 aromatic heterocycles. The molecule has 2 heterocycles. The molecule has 9 nitrogen and oxygen atoms in total. The van der Waals surface area contributed by atoms with Crippen LogP contribution in [0.1, 0.15) is 31.1 Å². The number of rotatable bonds is 4. The standard InChI is InChI=1S/C17H21N5O4/c1-11-8-21(9-12(2)25-11)16(23)13(3)26-17(24)14-4-6-15(7-5-14)22-10-18-19-20-22/h4-7,10-13H,8-9H2,1-3H3. The number of nitrogens with zero attached hydrogens (tertiary/aromatic N) is 5. The highest BCUT2D eigenvalue weighted by atomic mass is 16.5. The zero-order valence-corrected chi connectivity index (χ0v) is 14.9. The summed E-state index contributed by atoms with van der Waals surface area (Å²) < 4.78 is 12.4. The van der Waals surface area contributed by atoms with Crippen molar-refractivity contribution in [2.75, 3.05) is 13.1 Å². The van der Waals surface area contributed by atoms with Gasteiger partial charge in [-0.15, -0.1) is 5.10 Å². The van der Waals surface area contributed by atoms with E-state index < -0.39 is 12.1 Å². The number of hydrogen-bond acceptors (Lipinski definition) is 7. The number of benzene rings is 1. The molecule has 1 fully saturated rings. The van der Waals surface area contributed by atoms with Crippen LogP contribution in [-0.2, 0) is 14.3 Å². The molecule has 1 aliphatic rings. The van der Waals surface area contributed by atoms with Crippen LogP contribution in [0.5, 0.6) is 0 Å². The number of carbonyl (C=O) groups excluding carboxylic acids is 2. The van der Waals surface area contributed by atoms with E-state index in [2.05, 4.69) is 15.5 Å². The van der Waals surface area contributed by atoms with Gasteiger partial charge in [-0.1, -0.05) is 0 Å². The minimum Gasteiger partial charge on any atom is -0.449 e. The smallest absolute Gasteiger partial charge is 0.338 e. The lowest BCUT2D eigenvalue weighted by Gasteiger charge is -2.36. The minimum atomic E-state index is -0.862. The van der Waals surface area contributed by atoms with Crippen LogP contribution in [0.4, 0.5) is 0 Å². The molecule has 2 aromatic rings. The molecule has 0 spiro atoms. The summed E-state index contributed by atoms with van der Waals surface area (Å²) in [4.78, 5) is 26.5. The second kappa shape index (κ2) is 7.61. The van der Waals surface area contributed by atoms with Crippen molar-refractivity contribution in [2.24, 2.45) is 0 Å². The Balaban J connectivity index is 1.61. The monoisotopic (exact) mass is 359 g/mol. The fourth-order valence-corrected chi connectivity index (χ4v) is 2.92. The number of hydrogen-bond donors (Lipinski definition) is 0. The maximum atomic E-state index is 12.5. The lowest BCUT2D eigenvalue weighted by Crippen LogP contribution is -2.51. The minimum absolute atomic E-state index is 0.0376. The first-order chi connectivity index (χ1) is 12.4. The number of tetrazole rings is 1. The molecule has 3 atom stereocenters. The third kappa shape index (κ3) is 4.05. The van der Waals surface area contributed by atoms with Gasteiger partial charge in [0.2, 0.25) is 0 Å². The molecule has 1 saturated heterocycles. The summed E-state index contributed by atoms with van der Waals surface area (Å²) in [5.41, 5.74) is 1.07. The summed E-state index contributed by atoms with van der Waals surface area (Å²) in [6, 6.07) is 6.61. The van der Waals surface area contributed by atoms with Gasteiger partial charge < -0.3 is 14.4 Å². The quantitative estimate of drug-likeness (QED) is 0.746. The number of esters is 1. The predicted molar refractivity (Wildman–Crippen MR) is 90.6 cm³/mol. The van der Waals surface area contributed by atoms with E-state index in [0.29, 0.717) is 24.3 Å². The first kappa shape index (κ1) is 18.0. The molecular weight excluding hydrogens is 338 g/mol. The molecule has 0 saturated carbocycles. The van der Waals surface area contributed by atoms with Crippen LogP contribution in [0.2, 0.25) is 0 Å². The van der Waals surface area contributed by atoms with Crippen LogP contribution >= 0.6 is 0 Å². The van der Waals surface area contributed by atoms with Gasteiger partial charge in [0.25, 0.3) is 5.91 Å². The van der Waals surface area contributed by atoms with Crippen LogP contribution in [0.25, 0.3) is 5.69 Å². The summed E-state index contributed by atoms with van der Waals surface area (Å²) >= 11 is 0. The molecule has 0 bridgehead atoms. The second-order valence-electron chi connectivity index (χ2n) is 6.35. The molecule has 26 heavy (non-hydrogen) atoms. The van der Waals surface area contributed by atoms with Crippen molar-refractivity contribution in [1.82, 2.24) is 25.1 Å². The highest BCUT2D eigenvalue weighted by molar-refractivity contribution is 5.92.